The van der Waals surface area contributed by atoms with Gasteiger partial charge in [-0.2, -0.15) is 0 Å². The molecule has 0 radical (unpaired) electrons. The molecule has 1 aromatic carbocycles. The van der Waals surface area contributed by atoms with Crippen molar-refractivity contribution >= 4 is 23.6 Å². The van der Waals surface area contributed by atoms with Gasteiger partial charge in [0.25, 0.3) is 0 Å². The van der Waals surface area contributed by atoms with Gasteiger partial charge in [0, 0.05) is 37.5 Å². The summed E-state index contributed by atoms with van der Waals surface area (Å²) >= 11 is 0. The second-order valence-corrected chi connectivity index (χ2v) is 16.3. The number of fused-ring (bicyclic) bond motifs is 1. The van der Waals surface area contributed by atoms with Gasteiger partial charge in [-0.25, -0.2) is 4.79 Å². The second kappa shape index (κ2) is 17.7. The van der Waals surface area contributed by atoms with Crippen molar-refractivity contribution in [3.8, 4) is 0 Å². The number of carbonyl (C=O) groups excluding carboxylic acids is 4. The highest BCUT2D eigenvalue weighted by atomic mass is 16.7. The summed E-state index contributed by atoms with van der Waals surface area (Å²) in [5.41, 5.74) is -1.41. The number of ketones is 2. The Morgan fingerprint density at radius 3 is 2.23 bits per heavy atom. The first-order valence-corrected chi connectivity index (χ1v) is 19.4. The molecule has 3 heterocycles. The zero-order chi connectivity index (χ0) is 39.4. The minimum absolute atomic E-state index is 0.128. The summed E-state index contributed by atoms with van der Waals surface area (Å²) in [4.78, 5) is 60.0. The van der Waals surface area contributed by atoms with E-state index in [1.54, 1.807) is 25.7 Å². The molecule has 3 aliphatic heterocycles. The van der Waals surface area contributed by atoms with Crippen molar-refractivity contribution in [2.24, 2.45) is 23.7 Å². The van der Waals surface area contributed by atoms with Crippen LogP contribution >= 0.6 is 0 Å². The summed E-state index contributed by atoms with van der Waals surface area (Å²) < 4.78 is 31.1. The molecule has 0 bridgehead atoms. The van der Waals surface area contributed by atoms with Gasteiger partial charge in [-0.3, -0.25) is 14.4 Å². The lowest BCUT2D eigenvalue weighted by molar-refractivity contribution is -0.295. The van der Waals surface area contributed by atoms with E-state index in [9.17, 15) is 24.3 Å². The topological polar surface area (TPSA) is 141 Å². The van der Waals surface area contributed by atoms with Gasteiger partial charge in [0.1, 0.15) is 23.9 Å². The molecular formula is C41H64N2O10. The quantitative estimate of drug-likeness (QED) is 0.192. The average Bonchev–Trinajstić information content (AvgIpc) is 3.39. The molecule has 0 aliphatic carbocycles. The maximum Gasteiger partial charge on any atom is 0.410 e. The molecule has 12 heteroatoms. The van der Waals surface area contributed by atoms with E-state index in [1.165, 1.54) is 19.6 Å². The summed E-state index contributed by atoms with van der Waals surface area (Å²) in [5, 5.41) is 11.4. The van der Waals surface area contributed by atoms with Crippen molar-refractivity contribution < 1.29 is 48.0 Å². The van der Waals surface area contributed by atoms with E-state index >= 15 is 0 Å². The molecule has 0 spiro atoms. The molecule has 0 unspecified atom stereocenters. The van der Waals surface area contributed by atoms with Crippen molar-refractivity contribution in [1.82, 2.24) is 9.80 Å². The number of unbranched alkanes of at least 4 members (excludes halogenated alkanes) is 1. The number of aryl methyl sites for hydroxylation is 1. The van der Waals surface area contributed by atoms with Crippen molar-refractivity contribution in [3.05, 3.63) is 35.9 Å². The van der Waals surface area contributed by atoms with Gasteiger partial charge in [-0.15, -0.1) is 0 Å². The number of carbonyl (C=O) groups is 4. The lowest BCUT2D eigenvalue weighted by atomic mass is 9.73. The van der Waals surface area contributed by atoms with Crippen molar-refractivity contribution in [1.29, 1.82) is 0 Å². The normalized spacial score (nSPS) is 39.0. The van der Waals surface area contributed by atoms with Gasteiger partial charge in [0.2, 0.25) is 0 Å². The summed E-state index contributed by atoms with van der Waals surface area (Å²) in [7, 11) is 5.25. The van der Waals surface area contributed by atoms with E-state index < -0.39 is 83.4 Å². The number of cyclic esters (lactones) is 1. The van der Waals surface area contributed by atoms with Crippen molar-refractivity contribution in [2.45, 2.75) is 148 Å². The molecule has 3 saturated heterocycles. The summed E-state index contributed by atoms with van der Waals surface area (Å²) in [6, 6.07) is 9.11. The fraction of sp³-hybridized carbons (Fsp3) is 0.756. The highest BCUT2D eigenvalue weighted by Crippen LogP contribution is 2.43. The summed E-state index contributed by atoms with van der Waals surface area (Å²) in [5.74, 6) is -4.81. The van der Waals surface area contributed by atoms with Gasteiger partial charge in [0.05, 0.1) is 23.9 Å². The minimum Gasteiger partial charge on any atom is -0.458 e. The lowest BCUT2D eigenvalue weighted by Gasteiger charge is -2.47. The molecule has 3 aliphatic rings. The number of amides is 1. The number of Topliss-reactive ketones (excluding diaryl/α,β-unsaturated/α-hetero) is 2. The van der Waals surface area contributed by atoms with Crippen LogP contribution in [0.4, 0.5) is 4.79 Å². The number of rotatable bonds is 10. The largest absolute Gasteiger partial charge is 0.458 e. The van der Waals surface area contributed by atoms with Crippen LogP contribution in [0.2, 0.25) is 0 Å². The molecule has 53 heavy (non-hydrogen) atoms. The van der Waals surface area contributed by atoms with Crippen LogP contribution < -0.4 is 0 Å². The standard InChI is InChI=1S/C41H64N2O10/c1-12-31-41(8)35(43(39(48)53-41)21-17-16-20-29-18-14-13-15-19-29)26(4)32(44)24(2)23-40(7,49-11)36(27(5)33(45)28(6)37(47)51-31)52-38-34(46)30(42(9)10)22-25(3)50-38/h13-15,18-19,24-28,30-31,34-36,38,46H,12,16-17,20-23H2,1-11H3/t24-,25-,26+,27+,28-,30+,31-,34-,35-,36-,38+,40-,41-/m1/s1. The summed E-state index contributed by atoms with van der Waals surface area (Å²) in [6.07, 6.45) is -1.55. The molecule has 4 rings (SSSR count). The lowest BCUT2D eigenvalue weighted by Crippen LogP contribution is -2.60. The van der Waals surface area contributed by atoms with Gasteiger partial charge in [0.15, 0.2) is 17.7 Å². The van der Waals surface area contributed by atoms with Gasteiger partial charge in [-0.05, 0) is 85.9 Å². The smallest absolute Gasteiger partial charge is 0.410 e. The Labute approximate surface area is 316 Å². The Bertz CT molecular complexity index is 1420. The van der Waals surface area contributed by atoms with Gasteiger partial charge < -0.3 is 38.6 Å². The predicted octanol–water partition coefficient (Wildman–Crippen LogP) is 5.21. The third-order valence-corrected chi connectivity index (χ3v) is 12.1. The SMILES string of the molecule is CC[C@H]1OC(=O)[C@H](C)C(=O)[C@H](C)[C@@H](O[C@@H]2O[C@H](C)C[C@H](N(C)C)[C@H]2O)[C@](C)(OC)C[C@@H](C)C(=O)[C@H](C)[C@H]2N(CCCCc3ccccc3)C(=O)O[C@]12C. The number of methoxy groups -OCH3 is 1. The number of aliphatic hydroxyl groups is 1. The summed E-state index contributed by atoms with van der Waals surface area (Å²) in [6.45, 7) is 14.4. The van der Waals surface area contributed by atoms with E-state index in [0.717, 1.165) is 12.8 Å². The molecule has 12 nitrogen and oxygen atoms in total. The third kappa shape index (κ3) is 9.15. The van der Waals surface area contributed by atoms with Crippen LogP contribution in [0, 0.1) is 23.7 Å². The van der Waals surface area contributed by atoms with E-state index in [4.69, 9.17) is 23.7 Å². The van der Waals surface area contributed by atoms with Gasteiger partial charge in [-0.1, -0.05) is 58.0 Å². The highest BCUT2D eigenvalue weighted by molar-refractivity contribution is 6.00. The Balaban J connectivity index is 1.71. The molecule has 13 atom stereocenters. The first kappa shape index (κ1) is 42.8. The fourth-order valence-corrected chi connectivity index (χ4v) is 8.96. The zero-order valence-corrected chi connectivity index (χ0v) is 33.7. The van der Waals surface area contributed by atoms with Crippen LogP contribution in [0.15, 0.2) is 30.3 Å². The van der Waals surface area contributed by atoms with Crippen LogP contribution in [-0.4, -0.2) is 120 Å². The van der Waals surface area contributed by atoms with Crippen LogP contribution in [0.5, 0.6) is 0 Å². The van der Waals surface area contributed by atoms with Crippen LogP contribution in [0.1, 0.15) is 93.1 Å². The molecule has 0 saturated carbocycles. The number of hydrogen-bond acceptors (Lipinski definition) is 11. The number of hydrogen-bond donors (Lipinski definition) is 1. The molecule has 0 aromatic heterocycles. The fourth-order valence-electron chi connectivity index (χ4n) is 8.96. The zero-order valence-electron chi connectivity index (χ0n) is 33.7. The van der Waals surface area contributed by atoms with Crippen LogP contribution in [-0.2, 0) is 44.5 Å². The third-order valence-electron chi connectivity index (χ3n) is 12.1. The molecule has 1 amide bonds. The van der Waals surface area contributed by atoms with Gasteiger partial charge >= 0.3 is 12.1 Å². The number of benzene rings is 1. The minimum atomic E-state index is -1.36. The molecule has 1 aromatic rings. The van der Waals surface area contributed by atoms with Crippen LogP contribution in [0.3, 0.4) is 0 Å². The monoisotopic (exact) mass is 744 g/mol. The van der Waals surface area contributed by atoms with E-state index in [1.807, 2.05) is 64.9 Å². The highest BCUT2D eigenvalue weighted by Gasteiger charge is 2.60. The maximum atomic E-state index is 14.6. The van der Waals surface area contributed by atoms with Crippen molar-refractivity contribution in [2.75, 3.05) is 27.7 Å². The Morgan fingerprint density at radius 1 is 0.962 bits per heavy atom. The van der Waals surface area contributed by atoms with Crippen LogP contribution in [0.25, 0.3) is 0 Å². The average molecular weight is 745 g/mol. The number of ether oxygens (including phenoxy) is 5. The predicted molar refractivity (Wildman–Crippen MR) is 199 cm³/mol. The van der Waals surface area contributed by atoms with E-state index in [0.29, 0.717) is 19.4 Å². The number of likely N-dealkylation sites (N-methyl/N-ethyl adjacent to an activating group) is 1. The first-order valence-electron chi connectivity index (χ1n) is 19.4. The molecule has 3 fully saturated rings. The van der Waals surface area contributed by atoms with E-state index in [-0.39, 0.29) is 30.8 Å². The van der Waals surface area contributed by atoms with Crippen molar-refractivity contribution in [3.63, 3.8) is 0 Å². The number of esters is 1. The molecule has 1 N–H and O–H groups in total. The Morgan fingerprint density at radius 2 is 1.62 bits per heavy atom. The Hall–Kier alpha value is -2.90. The Kier molecular flexibility index (Phi) is 14.3. The number of aliphatic hydroxyl groups excluding tert-OH is 1. The number of nitrogens with zero attached hydrogens (tertiary/aromatic N) is 2. The second-order valence-electron chi connectivity index (χ2n) is 16.3. The van der Waals surface area contributed by atoms with E-state index in [2.05, 4.69) is 12.1 Å². The molecular weight excluding hydrogens is 680 g/mol. The first-order chi connectivity index (χ1) is 24.9. The molecule has 298 valence electrons. The maximum absolute atomic E-state index is 14.6.